The third kappa shape index (κ3) is 2.03. The number of carbonyl (C=O) groups is 2. The topological polar surface area (TPSA) is 75.9 Å². The number of fused-ring (bicyclic) bond motifs is 2. The van der Waals surface area contributed by atoms with Gasteiger partial charge in [-0.1, -0.05) is 0 Å². The second kappa shape index (κ2) is 4.85. The maximum atomic E-state index is 12.9. The summed E-state index contributed by atoms with van der Waals surface area (Å²) < 4.78 is 5.55. The van der Waals surface area contributed by atoms with Crippen LogP contribution in [0.2, 0.25) is 0 Å². The fraction of sp³-hybridized carbons (Fsp3) is 0.875. The molecule has 2 amide bonds. The van der Waals surface area contributed by atoms with Crippen LogP contribution in [0.3, 0.4) is 0 Å². The van der Waals surface area contributed by atoms with E-state index in [9.17, 15) is 9.59 Å². The van der Waals surface area contributed by atoms with E-state index in [2.05, 4.69) is 0 Å². The first-order valence-electron chi connectivity index (χ1n) is 8.48. The molecule has 6 nitrogen and oxygen atoms in total. The van der Waals surface area contributed by atoms with Crippen molar-refractivity contribution < 1.29 is 14.3 Å². The fourth-order valence-electron chi connectivity index (χ4n) is 5.10. The Morgan fingerprint density at radius 1 is 1.27 bits per heavy atom. The van der Waals surface area contributed by atoms with Crippen LogP contribution in [0.5, 0.6) is 0 Å². The van der Waals surface area contributed by atoms with Crippen molar-refractivity contribution in [2.45, 2.75) is 43.7 Å². The normalized spacial score (nSPS) is 39.6. The minimum Gasteiger partial charge on any atom is -0.441 e. The van der Waals surface area contributed by atoms with Gasteiger partial charge >= 0.3 is 6.09 Å². The van der Waals surface area contributed by atoms with E-state index in [-0.39, 0.29) is 29.6 Å². The summed E-state index contributed by atoms with van der Waals surface area (Å²) in [5, 5.41) is 0. The summed E-state index contributed by atoms with van der Waals surface area (Å²) in [5.41, 5.74) is 5.92. The van der Waals surface area contributed by atoms with Crippen LogP contribution in [0.15, 0.2) is 0 Å². The van der Waals surface area contributed by atoms with E-state index in [1.165, 1.54) is 6.42 Å². The van der Waals surface area contributed by atoms with E-state index in [1.807, 2.05) is 4.90 Å². The summed E-state index contributed by atoms with van der Waals surface area (Å²) in [4.78, 5) is 28.1. The second-order valence-corrected chi connectivity index (χ2v) is 7.67. The Morgan fingerprint density at radius 2 is 1.95 bits per heavy atom. The highest BCUT2D eigenvalue weighted by Crippen LogP contribution is 2.48. The molecule has 4 atom stereocenters. The molecule has 122 valence electrons. The second-order valence-electron chi connectivity index (χ2n) is 7.67. The number of amides is 2. The van der Waals surface area contributed by atoms with E-state index in [4.69, 9.17) is 10.5 Å². The first-order valence-corrected chi connectivity index (χ1v) is 8.48. The van der Waals surface area contributed by atoms with E-state index in [0.717, 1.165) is 25.7 Å². The molecule has 4 fully saturated rings. The molecule has 0 unspecified atom stereocenters. The zero-order valence-electron chi connectivity index (χ0n) is 13.2. The van der Waals surface area contributed by atoms with Crippen molar-refractivity contribution >= 4 is 12.0 Å². The zero-order chi connectivity index (χ0) is 15.5. The molecule has 22 heavy (non-hydrogen) atoms. The van der Waals surface area contributed by atoms with Crippen LogP contribution in [0.1, 0.15) is 32.1 Å². The summed E-state index contributed by atoms with van der Waals surface area (Å²) in [5.74, 6) is 1.33. The number of ether oxygens (including phenoxy) is 1. The molecule has 6 heteroatoms. The maximum Gasteiger partial charge on any atom is 0.410 e. The summed E-state index contributed by atoms with van der Waals surface area (Å²) in [7, 11) is 1.77. The SMILES string of the molecule is CN1CC2(CCN(C(=O)[C@@H]3[C@@H]4CC[C@@H](C4)[C@@H]3N)CC2)OC1=O. The van der Waals surface area contributed by atoms with Gasteiger partial charge in [0, 0.05) is 39.0 Å². The van der Waals surface area contributed by atoms with Crippen LogP contribution in [-0.2, 0) is 9.53 Å². The quantitative estimate of drug-likeness (QED) is 0.777. The van der Waals surface area contributed by atoms with Crippen LogP contribution in [0, 0.1) is 17.8 Å². The lowest BCUT2D eigenvalue weighted by molar-refractivity contribution is -0.141. The Kier molecular flexibility index (Phi) is 3.15. The first kappa shape index (κ1) is 14.3. The van der Waals surface area contributed by atoms with Gasteiger partial charge in [-0.2, -0.15) is 0 Å². The molecule has 1 spiro atoms. The van der Waals surface area contributed by atoms with E-state index in [0.29, 0.717) is 31.5 Å². The van der Waals surface area contributed by atoms with Crippen molar-refractivity contribution in [1.82, 2.24) is 9.80 Å². The maximum absolute atomic E-state index is 12.9. The summed E-state index contributed by atoms with van der Waals surface area (Å²) in [6.07, 6.45) is 4.73. The molecule has 2 N–H and O–H groups in total. The molecule has 2 aliphatic heterocycles. The molecule has 0 aromatic carbocycles. The van der Waals surface area contributed by atoms with Crippen LogP contribution >= 0.6 is 0 Å². The number of piperidine rings is 1. The van der Waals surface area contributed by atoms with Gasteiger partial charge in [-0.05, 0) is 31.1 Å². The third-order valence-electron chi connectivity index (χ3n) is 6.39. The van der Waals surface area contributed by atoms with Crippen molar-refractivity contribution in [1.29, 1.82) is 0 Å². The van der Waals surface area contributed by atoms with Gasteiger partial charge in [-0.3, -0.25) is 4.79 Å². The van der Waals surface area contributed by atoms with Crippen LogP contribution in [0.4, 0.5) is 4.79 Å². The number of hydrogen-bond acceptors (Lipinski definition) is 4. The van der Waals surface area contributed by atoms with E-state index >= 15 is 0 Å². The number of nitrogens with zero attached hydrogens (tertiary/aromatic N) is 2. The molecule has 0 aromatic rings. The Hall–Kier alpha value is -1.30. The first-order chi connectivity index (χ1) is 10.5. The minimum absolute atomic E-state index is 0.0293. The van der Waals surface area contributed by atoms with Gasteiger partial charge in [0.1, 0.15) is 5.60 Å². The van der Waals surface area contributed by atoms with Gasteiger partial charge < -0.3 is 20.3 Å². The number of likely N-dealkylation sites (tertiary alicyclic amines) is 1. The van der Waals surface area contributed by atoms with Gasteiger partial charge in [0.15, 0.2) is 0 Å². The van der Waals surface area contributed by atoms with Crippen molar-refractivity contribution in [2.75, 3.05) is 26.7 Å². The molecule has 0 aromatic heterocycles. The summed E-state index contributed by atoms with van der Waals surface area (Å²) in [6.45, 7) is 2.00. The monoisotopic (exact) mass is 307 g/mol. The summed E-state index contributed by atoms with van der Waals surface area (Å²) in [6, 6.07) is 0.0533. The lowest BCUT2D eigenvalue weighted by atomic mass is 9.83. The van der Waals surface area contributed by atoms with Gasteiger partial charge in [0.05, 0.1) is 12.5 Å². The molecule has 4 rings (SSSR count). The molecular weight excluding hydrogens is 282 g/mol. The Labute approximate surface area is 130 Å². The van der Waals surface area contributed by atoms with Crippen molar-refractivity contribution in [3.05, 3.63) is 0 Å². The minimum atomic E-state index is -0.376. The third-order valence-corrected chi connectivity index (χ3v) is 6.39. The molecule has 0 radical (unpaired) electrons. The Bertz CT molecular complexity index is 499. The lowest BCUT2D eigenvalue weighted by Crippen LogP contribution is -2.53. The van der Waals surface area contributed by atoms with Crippen LogP contribution in [0.25, 0.3) is 0 Å². The van der Waals surface area contributed by atoms with Crippen LogP contribution < -0.4 is 5.73 Å². The Morgan fingerprint density at radius 3 is 2.50 bits per heavy atom. The predicted molar refractivity (Wildman–Crippen MR) is 80.0 cm³/mol. The smallest absolute Gasteiger partial charge is 0.410 e. The van der Waals surface area contributed by atoms with Crippen molar-refractivity contribution in [2.24, 2.45) is 23.5 Å². The standard InChI is InChI=1S/C16H25N3O3/c1-18-9-16(22-15(18)21)4-6-19(7-5-16)14(20)12-10-2-3-11(8-10)13(12)17/h10-13H,2-9,17H2,1H3/t10-,11+,12-,13+/m1/s1. The van der Waals surface area contributed by atoms with Gasteiger partial charge in [-0.15, -0.1) is 0 Å². The van der Waals surface area contributed by atoms with E-state index < -0.39 is 0 Å². The number of rotatable bonds is 1. The van der Waals surface area contributed by atoms with Crippen LogP contribution in [-0.4, -0.2) is 60.1 Å². The molecular formula is C16H25N3O3. The number of hydrogen-bond donors (Lipinski definition) is 1. The zero-order valence-corrected chi connectivity index (χ0v) is 13.2. The average Bonchev–Trinajstić information content (AvgIpc) is 3.14. The number of carbonyl (C=O) groups excluding carboxylic acids is 2. The van der Waals surface area contributed by atoms with Gasteiger partial charge in [-0.25, -0.2) is 4.79 Å². The number of nitrogens with two attached hydrogens (primary N) is 1. The molecule has 2 saturated carbocycles. The van der Waals surface area contributed by atoms with Crippen molar-refractivity contribution in [3.63, 3.8) is 0 Å². The largest absolute Gasteiger partial charge is 0.441 e. The summed E-state index contributed by atoms with van der Waals surface area (Å²) >= 11 is 0. The lowest BCUT2D eigenvalue weighted by Gasteiger charge is -2.40. The predicted octanol–water partition coefficient (Wildman–Crippen LogP) is 0.803. The fourth-order valence-corrected chi connectivity index (χ4v) is 5.10. The Balaban J connectivity index is 1.40. The molecule has 2 bridgehead atoms. The number of likely N-dealkylation sites (N-methyl/N-ethyl adjacent to an activating group) is 1. The average molecular weight is 307 g/mol. The molecule has 2 heterocycles. The van der Waals surface area contributed by atoms with Crippen molar-refractivity contribution in [3.8, 4) is 0 Å². The highest BCUT2D eigenvalue weighted by atomic mass is 16.6. The molecule has 4 aliphatic rings. The highest BCUT2D eigenvalue weighted by molar-refractivity contribution is 5.81. The van der Waals surface area contributed by atoms with Gasteiger partial charge in [0.25, 0.3) is 0 Å². The molecule has 2 saturated heterocycles. The van der Waals surface area contributed by atoms with E-state index in [1.54, 1.807) is 11.9 Å². The molecule has 2 aliphatic carbocycles. The highest BCUT2D eigenvalue weighted by Gasteiger charge is 2.52. The van der Waals surface area contributed by atoms with Gasteiger partial charge in [0.2, 0.25) is 5.91 Å².